The number of carbonyl (C=O) groups excluding carboxylic acids is 1. The Kier molecular flexibility index (Phi) is 7.09. The van der Waals surface area contributed by atoms with E-state index in [2.05, 4.69) is 60.9 Å². The molecule has 42 heavy (non-hydrogen) atoms. The molecule has 9 heteroatoms. The van der Waals surface area contributed by atoms with Crippen LogP contribution in [0.2, 0.25) is 0 Å². The molecule has 3 fully saturated rings. The van der Waals surface area contributed by atoms with Crippen LogP contribution in [0.1, 0.15) is 55.3 Å². The molecule has 1 saturated heterocycles. The lowest BCUT2D eigenvalue weighted by Crippen LogP contribution is -2.41. The Bertz CT molecular complexity index is 1570. The average molecular weight is 563 g/mol. The predicted octanol–water partition coefficient (Wildman–Crippen LogP) is 5.31. The molecule has 7 rings (SSSR count). The van der Waals surface area contributed by atoms with Gasteiger partial charge in [-0.15, -0.1) is 10.2 Å². The Labute approximate surface area is 246 Å². The van der Waals surface area contributed by atoms with Crippen molar-refractivity contribution in [3.63, 3.8) is 0 Å². The van der Waals surface area contributed by atoms with E-state index in [1.807, 2.05) is 30.5 Å². The molecule has 216 valence electrons. The maximum Gasteiger partial charge on any atom is 0.248 e. The average Bonchev–Trinajstić information content (AvgIpc) is 3.75. The zero-order valence-electron chi connectivity index (χ0n) is 24.1. The molecule has 2 aromatic heterocycles. The molecule has 2 aliphatic carbocycles. The van der Waals surface area contributed by atoms with Gasteiger partial charge in [0.2, 0.25) is 11.7 Å². The predicted molar refractivity (Wildman–Crippen MR) is 164 cm³/mol. The number of nitrogens with zero attached hydrogens (tertiary/aromatic N) is 6. The van der Waals surface area contributed by atoms with Crippen molar-refractivity contribution in [1.82, 2.24) is 25.2 Å². The van der Waals surface area contributed by atoms with Crippen LogP contribution in [0, 0.1) is 17.8 Å². The van der Waals surface area contributed by atoms with Crippen LogP contribution in [0.15, 0.2) is 66.9 Å². The van der Waals surface area contributed by atoms with E-state index < -0.39 is 5.91 Å². The third-order valence-corrected chi connectivity index (χ3v) is 9.66. The fraction of sp³-hybridized carbons (Fsp3) is 0.424. The number of hydrogen-bond donors (Lipinski definition) is 2. The van der Waals surface area contributed by atoms with E-state index in [9.17, 15) is 4.79 Å². The molecule has 2 saturated carbocycles. The number of piperidine rings is 1. The third-order valence-electron chi connectivity index (χ3n) is 9.66. The van der Waals surface area contributed by atoms with Crippen molar-refractivity contribution in [1.29, 1.82) is 0 Å². The molecule has 0 radical (unpaired) electrons. The smallest absolute Gasteiger partial charge is 0.248 e. The summed E-state index contributed by atoms with van der Waals surface area (Å²) < 4.78 is 0. The monoisotopic (exact) mass is 562 g/mol. The van der Waals surface area contributed by atoms with Crippen LogP contribution < -0.4 is 16.0 Å². The van der Waals surface area contributed by atoms with E-state index >= 15 is 0 Å². The van der Waals surface area contributed by atoms with Gasteiger partial charge in [0.15, 0.2) is 0 Å². The number of pyridine rings is 1. The minimum Gasteiger partial charge on any atom is -0.368 e. The van der Waals surface area contributed by atoms with Gasteiger partial charge in [0, 0.05) is 41.6 Å². The van der Waals surface area contributed by atoms with Crippen LogP contribution in [-0.2, 0) is 7.05 Å². The second-order valence-electron chi connectivity index (χ2n) is 12.4. The molecule has 9 nitrogen and oxygen atoms in total. The van der Waals surface area contributed by atoms with Gasteiger partial charge in [-0.05, 0) is 115 Å². The highest BCUT2D eigenvalue weighted by Gasteiger charge is 2.46. The maximum atomic E-state index is 11.7. The van der Waals surface area contributed by atoms with E-state index in [0.29, 0.717) is 35.3 Å². The fourth-order valence-corrected chi connectivity index (χ4v) is 7.71. The summed E-state index contributed by atoms with van der Waals surface area (Å²) in [4.78, 5) is 20.5. The number of tetrazole rings is 1. The summed E-state index contributed by atoms with van der Waals surface area (Å²) in [5.74, 6) is 3.30. The van der Waals surface area contributed by atoms with Crippen molar-refractivity contribution in [3.8, 4) is 22.5 Å². The lowest BCUT2D eigenvalue weighted by atomic mass is 9.77. The summed E-state index contributed by atoms with van der Waals surface area (Å²) >= 11 is 0. The molecule has 2 aromatic carbocycles. The topological polar surface area (TPSA) is 115 Å². The van der Waals surface area contributed by atoms with Crippen molar-refractivity contribution >= 4 is 17.4 Å². The quantitative estimate of drug-likeness (QED) is 0.299. The fourth-order valence-electron chi connectivity index (χ4n) is 7.71. The van der Waals surface area contributed by atoms with Gasteiger partial charge in [-0.2, -0.15) is 4.80 Å². The molecular weight excluding hydrogens is 524 g/mol. The highest BCUT2D eigenvalue weighted by Crippen LogP contribution is 2.48. The number of rotatable bonds is 8. The number of nitrogens with one attached hydrogen (secondary N) is 1. The number of benzene rings is 2. The number of carbonyl (C=O) groups is 1. The van der Waals surface area contributed by atoms with Gasteiger partial charge in [0.25, 0.3) is 0 Å². The Hall–Kier alpha value is -4.27. The first kappa shape index (κ1) is 26.6. The van der Waals surface area contributed by atoms with E-state index in [-0.39, 0.29) is 0 Å². The molecule has 3 N–H and O–H groups in total. The van der Waals surface area contributed by atoms with Gasteiger partial charge in [0.1, 0.15) is 5.82 Å². The van der Waals surface area contributed by atoms with Crippen LogP contribution in [0.25, 0.3) is 22.5 Å². The van der Waals surface area contributed by atoms with Gasteiger partial charge < -0.3 is 16.0 Å². The SMILES string of the molecule is Cn1nnc(-c2ccc(N3C[C@@H]4C[C@H](C[C@@H]5CCCC[C@H]5Nc5cc(-c6cccc(C(N)=O)c6)ccn5)[C@H]3C4)cc2)n1. The van der Waals surface area contributed by atoms with Crippen molar-refractivity contribution in [2.24, 2.45) is 30.5 Å². The number of nitrogens with two attached hydrogens (primary N) is 1. The van der Waals surface area contributed by atoms with Crippen LogP contribution >= 0.6 is 0 Å². The number of hydrogen-bond acceptors (Lipinski definition) is 7. The minimum atomic E-state index is -0.412. The molecular formula is C33H38N8O. The Balaban J connectivity index is 1.03. The van der Waals surface area contributed by atoms with Gasteiger partial charge in [0.05, 0.1) is 7.05 Å². The van der Waals surface area contributed by atoms with Crippen LogP contribution in [-0.4, -0.2) is 49.7 Å². The molecule has 0 spiro atoms. The van der Waals surface area contributed by atoms with Crippen molar-refractivity contribution in [2.45, 2.75) is 57.0 Å². The first-order valence-corrected chi connectivity index (χ1v) is 15.2. The lowest BCUT2D eigenvalue weighted by molar-refractivity contribution is 0.100. The van der Waals surface area contributed by atoms with E-state index in [1.165, 1.54) is 55.4 Å². The van der Waals surface area contributed by atoms with Gasteiger partial charge in [-0.3, -0.25) is 4.79 Å². The van der Waals surface area contributed by atoms with E-state index in [4.69, 9.17) is 5.73 Å². The molecule has 1 amide bonds. The lowest BCUT2D eigenvalue weighted by Gasteiger charge is -2.40. The van der Waals surface area contributed by atoms with Gasteiger partial charge >= 0.3 is 0 Å². The second-order valence-corrected chi connectivity index (χ2v) is 12.4. The third kappa shape index (κ3) is 5.35. The molecule has 2 bridgehead atoms. The summed E-state index contributed by atoms with van der Waals surface area (Å²) in [6.07, 6.45) is 10.8. The first-order valence-electron chi connectivity index (χ1n) is 15.2. The molecule has 3 heterocycles. The Morgan fingerprint density at radius 1 is 0.976 bits per heavy atom. The molecule has 0 unspecified atom stereocenters. The second kappa shape index (κ2) is 11.2. The van der Waals surface area contributed by atoms with Crippen LogP contribution in [0.5, 0.6) is 0 Å². The number of primary amides is 1. The first-order chi connectivity index (χ1) is 20.5. The number of aromatic nitrogens is 5. The summed E-state index contributed by atoms with van der Waals surface area (Å²) in [5, 5.41) is 16.3. The molecule has 4 aromatic rings. The highest BCUT2D eigenvalue weighted by molar-refractivity contribution is 5.94. The number of fused-ring (bicyclic) bond motifs is 2. The maximum absolute atomic E-state index is 11.7. The van der Waals surface area contributed by atoms with Gasteiger partial charge in [-0.1, -0.05) is 25.0 Å². The van der Waals surface area contributed by atoms with Crippen molar-refractivity contribution in [3.05, 3.63) is 72.4 Å². The van der Waals surface area contributed by atoms with E-state index in [0.717, 1.165) is 35.0 Å². The molecule has 1 aliphatic heterocycles. The zero-order valence-corrected chi connectivity index (χ0v) is 24.1. The summed E-state index contributed by atoms with van der Waals surface area (Å²) in [6.45, 7) is 1.16. The minimum absolute atomic E-state index is 0.412. The largest absolute Gasteiger partial charge is 0.368 e. The van der Waals surface area contributed by atoms with Crippen LogP contribution in [0.4, 0.5) is 11.5 Å². The zero-order chi connectivity index (χ0) is 28.6. The Morgan fingerprint density at radius 2 is 1.81 bits per heavy atom. The molecule has 5 atom stereocenters. The normalized spacial score (nSPS) is 25.1. The van der Waals surface area contributed by atoms with Crippen LogP contribution in [0.3, 0.4) is 0 Å². The van der Waals surface area contributed by atoms with Gasteiger partial charge in [-0.25, -0.2) is 4.98 Å². The number of aryl methyl sites for hydroxylation is 1. The summed E-state index contributed by atoms with van der Waals surface area (Å²) in [7, 11) is 1.79. The summed E-state index contributed by atoms with van der Waals surface area (Å²) in [6, 6.07) is 21.3. The van der Waals surface area contributed by atoms with Crippen molar-refractivity contribution in [2.75, 3.05) is 16.8 Å². The highest BCUT2D eigenvalue weighted by atomic mass is 16.1. The van der Waals surface area contributed by atoms with Crippen molar-refractivity contribution < 1.29 is 4.79 Å². The standard InChI is InChI=1S/C33H38N8O/c1-40-38-33(37-39-40)22-9-11-28(12-10-22)41-20-21-15-27(30(41)16-21)18-25-5-2-3-8-29(25)36-31-19-24(13-14-35-31)23-6-4-7-26(17-23)32(34)42/h4,6-7,9-14,17,19,21,25,27,29-30H,2-3,5,8,15-16,18,20H2,1H3,(H2,34,42)(H,35,36)/t21-,25+,27-,29-,30-/m1/s1. The summed E-state index contributed by atoms with van der Waals surface area (Å²) in [5.41, 5.74) is 10.3. The Morgan fingerprint density at radius 3 is 2.60 bits per heavy atom. The molecule has 3 aliphatic rings. The van der Waals surface area contributed by atoms with E-state index in [1.54, 1.807) is 13.1 Å². The number of amides is 1. The number of anilines is 2.